The fourth-order valence-electron chi connectivity index (χ4n) is 5.99. The van der Waals surface area contributed by atoms with Crippen LogP contribution in [0.4, 0.5) is 11.4 Å². The number of carboxylic acid groups (broad SMARTS) is 1. The maximum Gasteiger partial charge on any atom is 0.335 e. The minimum Gasteiger partial charge on any atom is -0.478 e. The molecule has 6 nitrogen and oxygen atoms in total. The predicted molar refractivity (Wildman–Crippen MR) is 130 cm³/mol. The molecule has 0 saturated heterocycles. The maximum absolute atomic E-state index is 11.5. The summed E-state index contributed by atoms with van der Waals surface area (Å²) in [6.07, 6.45) is 6.90. The van der Waals surface area contributed by atoms with Crippen molar-refractivity contribution in [3.63, 3.8) is 0 Å². The molecule has 0 amide bonds. The number of benzene rings is 2. The van der Waals surface area contributed by atoms with Crippen molar-refractivity contribution in [2.45, 2.75) is 51.1 Å². The molecule has 2 unspecified atom stereocenters. The second-order valence-electron chi connectivity index (χ2n) is 9.85. The first-order valence-electron chi connectivity index (χ1n) is 11.9. The van der Waals surface area contributed by atoms with Crippen LogP contribution in [0.1, 0.15) is 59.2 Å². The lowest BCUT2D eigenvalue weighted by atomic mass is 9.75. The summed E-state index contributed by atoms with van der Waals surface area (Å²) < 4.78 is 0. The van der Waals surface area contributed by atoms with Gasteiger partial charge in [0.25, 0.3) is 0 Å². The zero-order valence-corrected chi connectivity index (χ0v) is 19.3. The Labute approximate surface area is 195 Å². The zero-order chi connectivity index (χ0) is 23.1. The quantitative estimate of drug-likeness (QED) is 0.635. The Hall–Kier alpha value is -3.17. The monoisotopic (exact) mass is 442 g/mol. The molecule has 6 heteroatoms. The standard InChI is InChI=1S/C27H30N4O2/c1-28-24-13-10-21(15-20(24)16-30(2)3)31-26(17-6-4-5-7-17)23-12-8-18-14-19(27(32)33)9-11-22(18)25(23)29-31/h9-11,13-15,17,23,26H,4-8,12,16H2,2-3H3,(H,32,33). The molecule has 2 aromatic carbocycles. The highest BCUT2D eigenvalue weighted by atomic mass is 16.4. The first-order chi connectivity index (χ1) is 16.0. The highest BCUT2D eigenvalue weighted by Crippen LogP contribution is 2.45. The fraction of sp³-hybridized carbons (Fsp3) is 0.444. The molecule has 0 spiro atoms. The molecule has 1 saturated carbocycles. The van der Waals surface area contributed by atoms with Crippen molar-refractivity contribution in [2.24, 2.45) is 16.9 Å². The van der Waals surface area contributed by atoms with Crippen molar-refractivity contribution in [2.75, 3.05) is 19.1 Å². The summed E-state index contributed by atoms with van der Waals surface area (Å²) >= 11 is 0. The number of fused-ring (bicyclic) bond motifs is 3. The molecule has 2 aromatic rings. The number of rotatable bonds is 5. The van der Waals surface area contributed by atoms with Crippen LogP contribution in [0.15, 0.2) is 41.5 Å². The lowest BCUT2D eigenvalue weighted by Crippen LogP contribution is -2.40. The third-order valence-corrected chi connectivity index (χ3v) is 7.43. The number of anilines is 1. The van der Waals surface area contributed by atoms with E-state index in [0.717, 1.165) is 40.9 Å². The van der Waals surface area contributed by atoms with E-state index >= 15 is 0 Å². The van der Waals surface area contributed by atoms with Crippen molar-refractivity contribution in [3.05, 3.63) is 70.1 Å². The molecule has 1 fully saturated rings. The Bertz CT molecular complexity index is 1160. The van der Waals surface area contributed by atoms with E-state index in [1.54, 1.807) is 6.07 Å². The van der Waals surface area contributed by atoms with Gasteiger partial charge in [0.2, 0.25) is 0 Å². The third kappa shape index (κ3) is 3.91. The number of aromatic carboxylic acids is 1. The lowest BCUT2D eigenvalue weighted by molar-refractivity contribution is 0.0696. The Balaban J connectivity index is 1.58. The lowest BCUT2D eigenvalue weighted by Gasteiger charge is -2.34. The number of carboxylic acids is 1. The van der Waals surface area contributed by atoms with Crippen LogP contribution < -0.4 is 5.01 Å². The first kappa shape index (κ1) is 21.7. The minimum atomic E-state index is -0.882. The number of hydrogen-bond donors (Lipinski definition) is 1. The summed E-state index contributed by atoms with van der Waals surface area (Å²) in [7, 11) is 4.05. The number of nitrogens with zero attached hydrogens (tertiary/aromatic N) is 4. The van der Waals surface area contributed by atoms with E-state index in [2.05, 4.69) is 20.8 Å². The van der Waals surface area contributed by atoms with E-state index in [-0.39, 0.29) is 0 Å². The third-order valence-electron chi connectivity index (χ3n) is 7.43. The molecule has 1 aliphatic heterocycles. The Morgan fingerprint density at radius 2 is 1.97 bits per heavy atom. The number of carbonyl (C=O) groups is 1. The van der Waals surface area contributed by atoms with E-state index in [1.807, 2.05) is 38.4 Å². The summed E-state index contributed by atoms with van der Waals surface area (Å²) in [4.78, 5) is 17.3. The number of hydrazone groups is 1. The molecule has 1 N–H and O–H groups in total. The average Bonchev–Trinajstić information content (AvgIpc) is 3.45. The van der Waals surface area contributed by atoms with E-state index in [9.17, 15) is 9.90 Å². The molecule has 1 heterocycles. The van der Waals surface area contributed by atoms with Crippen LogP contribution in [0.3, 0.4) is 0 Å². The molecule has 5 rings (SSSR count). The minimum absolute atomic E-state index is 0.320. The normalized spacial score (nSPS) is 22.1. The largest absolute Gasteiger partial charge is 0.478 e. The van der Waals surface area contributed by atoms with Crippen molar-refractivity contribution >= 4 is 23.1 Å². The van der Waals surface area contributed by atoms with Gasteiger partial charge in [-0.1, -0.05) is 25.0 Å². The molecule has 0 radical (unpaired) electrons. The molecule has 2 atom stereocenters. The van der Waals surface area contributed by atoms with E-state index in [0.29, 0.717) is 35.7 Å². The predicted octanol–water partition coefficient (Wildman–Crippen LogP) is 5.34. The van der Waals surface area contributed by atoms with Gasteiger partial charge >= 0.3 is 5.97 Å². The first-order valence-corrected chi connectivity index (χ1v) is 11.9. The van der Waals surface area contributed by atoms with Crippen LogP contribution in [0.5, 0.6) is 0 Å². The van der Waals surface area contributed by atoms with Crippen molar-refractivity contribution in [1.82, 2.24) is 4.90 Å². The summed E-state index contributed by atoms with van der Waals surface area (Å²) in [6, 6.07) is 11.9. The van der Waals surface area contributed by atoms with Crippen LogP contribution in [0, 0.1) is 18.4 Å². The Morgan fingerprint density at radius 3 is 2.67 bits per heavy atom. The topological polar surface area (TPSA) is 60.5 Å². The number of hydrogen-bond acceptors (Lipinski definition) is 4. The van der Waals surface area contributed by atoms with Gasteiger partial charge in [0, 0.05) is 18.0 Å². The van der Waals surface area contributed by atoms with Crippen LogP contribution in [0.25, 0.3) is 4.85 Å². The highest BCUT2D eigenvalue weighted by Gasteiger charge is 2.45. The van der Waals surface area contributed by atoms with Gasteiger partial charge in [0.1, 0.15) is 0 Å². The van der Waals surface area contributed by atoms with E-state index in [4.69, 9.17) is 11.7 Å². The van der Waals surface area contributed by atoms with Gasteiger partial charge in [0.05, 0.1) is 29.6 Å². The van der Waals surface area contributed by atoms with Crippen molar-refractivity contribution in [3.8, 4) is 0 Å². The van der Waals surface area contributed by atoms with E-state index in [1.165, 1.54) is 25.7 Å². The van der Waals surface area contributed by atoms with Crippen LogP contribution >= 0.6 is 0 Å². The molecule has 2 aliphatic carbocycles. The van der Waals surface area contributed by atoms with Crippen molar-refractivity contribution < 1.29 is 9.90 Å². The van der Waals surface area contributed by atoms with Gasteiger partial charge < -0.3 is 10.0 Å². The smallest absolute Gasteiger partial charge is 0.335 e. The van der Waals surface area contributed by atoms with Crippen LogP contribution in [-0.4, -0.2) is 41.8 Å². The molecular formula is C27H30N4O2. The maximum atomic E-state index is 11.5. The zero-order valence-electron chi connectivity index (χ0n) is 19.3. The molecule has 33 heavy (non-hydrogen) atoms. The van der Waals surface area contributed by atoms with Gasteiger partial charge in [-0.05, 0) is 81.1 Å². The molecule has 0 bridgehead atoms. The summed E-state index contributed by atoms with van der Waals surface area (Å²) in [5.41, 5.74) is 6.43. The van der Waals surface area contributed by atoms with Crippen molar-refractivity contribution in [1.29, 1.82) is 0 Å². The second kappa shape index (κ2) is 8.64. The second-order valence-corrected chi connectivity index (χ2v) is 9.85. The molecular weight excluding hydrogens is 412 g/mol. The van der Waals surface area contributed by atoms with Crippen LogP contribution in [-0.2, 0) is 13.0 Å². The molecule has 3 aliphatic rings. The van der Waals surface area contributed by atoms with Gasteiger partial charge in [-0.2, -0.15) is 5.10 Å². The van der Waals surface area contributed by atoms with Gasteiger partial charge in [-0.25, -0.2) is 9.64 Å². The summed E-state index contributed by atoms with van der Waals surface area (Å²) in [5.74, 6) is 0.0788. The highest BCUT2D eigenvalue weighted by molar-refractivity contribution is 6.07. The molecule has 170 valence electrons. The molecule has 0 aromatic heterocycles. The van der Waals surface area contributed by atoms with Gasteiger partial charge in [-0.3, -0.25) is 5.01 Å². The Morgan fingerprint density at radius 1 is 1.18 bits per heavy atom. The summed E-state index contributed by atoms with van der Waals surface area (Å²) in [6.45, 7) is 8.29. The Kier molecular flexibility index (Phi) is 5.67. The average molecular weight is 443 g/mol. The van der Waals surface area contributed by atoms with Crippen LogP contribution in [0.2, 0.25) is 0 Å². The van der Waals surface area contributed by atoms with E-state index < -0.39 is 5.97 Å². The summed E-state index contributed by atoms with van der Waals surface area (Å²) in [5, 5.41) is 16.9. The SMILES string of the molecule is [C-]#[N+]c1ccc(N2N=C3c4ccc(C(=O)O)cc4CCC3C2C2CCCC2)cc1CN(C)C. The van der Waals surface area contributed by atoms with Gasteiger partial charge in [-0.15, -0.1) is 0 Å². The van der Waals surface area contributed by atoms with Gasteiger partial charge in [0.15, 0.2) is 5.69 Å². The number of aryl methyl sites for hydroxylation is 1. The fourth-order valence-corrected chi connectivity index (χ4v) is 5.99.